The van der Waals surface area contributed by atoms with Gasteiger partial charge in [-0.15, -0.1) is 0 Å². The van der Waals surface area contributed by atoms with E-state index in [1.54, 1.807) is 18.2 Å². The molecular formula is C13H8Cl3NO2. The van der Waals surface area contributed by atoms with Gasteiger partial charge in [0.15, 0.2) is 0 Å². The second kappa shape index (κ2) is 5.78. The zero-order chi connectivity index (χ0) is 14.0. The number of hydrogen-bond donors (Lipinski definition) is 0. The number of benzene rings is 1. The van der Waals surface area contributed by atoms with Crippen molar-refractivity contribution in [2.45, 2.75) is 0 Å². The van der Waals surface area contributed by atoms with Crippen LogP contribution in [0.15, 0.2) is 30.5 Å². The molecule has 0 aliphatic heterocycles. The van der Waals surface area contributed by atoms with Gasteiger partial charge >= 0.3 is 5.97 Å². The van der Waals surface area contributed by atoms with Crippen molar-refractivity contribution < 1.29 is 9.53 Å². The Kier molecular flexibility index (Phi) is 4.30. The molecule has 1 heterocycles. The highest BCUT2D eigenvalue weighted by Crippen LogP contribution is 2.35. The number of carbonyl (C=O) groups is 1. The van der Waals surface area contributed by atoms with E-state index in [4.69, 9.17) is 34.8 Å². The topological polar surface area (TPSA) is 39.2 Å². The lowest BCUT2D eigenvalue weighted by molar-refractivity contribution is 0.0600. The third-order valence-corrected chi connectivity index (χ3v) is 3.58. The molecule has 98 valence electrons. The van der Waals surface area contributed by atoms with Gasteiger partial charge in [0.1, 0.15) is 0 Å². The summed E-state index contributed by atoms with van der Waals surface area (Å²) in [6.07, 6.45) is 1.38. The van der Waals surface area contributed by atoms with Crippen LogP contribution in [0.25, 0.3) is 11.3 Å². The molecule has 1 aromatic heterocycles. The first-order valence-corrected chi connectivity index (χ1v) is 6.36. The fourth-order valence-corrected chi connectivity index (χ4v) is 2.21. The molecule has 0 atom stereocenters. The van der Waals surface area contributed by atoms with Gasteiger partial charge in [0, 0.05) is 11.8 Å². The van der Waals surface area contributed by atoms with E-state index in [2.05, 4.69) is 9.72 Å². The molecule has 0 saturated heterocycles. The van der Waals surface area contributed by atoms with E-state index in [1.165, 1.54) is 19.4 Å². The summed E-state index contributed by atoms with van der Waals surface area (Å²) in [5.74, 6) is -0.502. The third-order valence-electron chi connectivity index (χ3n) is 2.47. The molecule has 6 heteroatoms. The predicted molar refractivity (Wildman–Crippen MR) is 76.0 cm³/mol. The number of carbonyl (C=O) groups excluding carboxylic acids is 1. The van der Waals surface area contributed by atoms with Crippen molar-refractivity contribution in [3.63, 3.8) is 0 Å². The Balaban J connectivity index is 2.52. The van der Waals surface area contributed by atoms with Crippen molar-refractivity contribution in [1.29, 1.82) is 0 Å². The zero-order valence-electron chi connectivity index (χ0n) is 9.78. The van der Waals surface area contributed by atoms with Crippen LogP contribution in [0.5, 0.6) is 0 Å². The minimum absolute atomic E-state index is 0.273. The van der Waals surface area contributed by atoms with E-state index in [1.807, 2.05) is 0 Å². The summed E-state index contributed by atoms with van der Waals surface area (Å²) in [5, 5.41) is 1.07. The fourth-order valence-electron chi connectivity index (χ4n) is 1.55. The van der Waals surface area contributed by atoms with Gasteiger partial charge in [-0.3, -0.25) is 4.98 Å². The smallest absolute Gasteiger partial charge is 0.339 e. The van der Waals surface area contributed by atoms with E-state index in [0.717, 1.165) is 0 Å². The van der Waals surface area contributed by atoms with Crippen LogP contribution in [-0.4, -0.2) is 18.1 Å². The number of ether oxygens (including phenoxy) is 1. The Hall–Kier alpha value is -1.29. The lowest BCUT2D eigenvalue weighted by Crippen LogP contribution is -2.02. The number of pyridine rings is 1. The van der Waals surface area contributed by atoms with Gasteiger partial charge in [-0.05, 0) is 12.1 Å². The molecule has 0 amide bonds. The SMILES string of the molecule is COC(=O)c1cnc(-c2cccc(Cl)c2Cl)c(Cl)c1. The quantitative estimate of drug-likeness (QED) is 0.766. The minimum Gasteiger partial charge on any atom is -0.465 e. The predicted octanol–water partition coefficient (Wildman–Crippen LogP) is 4.50. The van der Waals surface area contributed by atoms with Gasteiger partial charge in [0.2, 0.25) is 0 Å². The highest BCUT2D eigenvalue weighted by Gasteiger charge is 2.14. The van der Waals surface area contributed by atoms with Crippen molar-refractivity contribution in [2.75, 3.05) is 7.11 Å². The third kappa shape index (κ3) is 2.84. The molecule has 0 aliphatic rings. The molecular weight excluding hydrogens is 309 g/mol. The summed E-state index contributed by atoms with van der Waals surface area (Å²) >= 11 is 18.2. The van der Waals surface area contributed by atoms with Crippen LogP contribution in [-0.2, 0) is 4.74 Å². The lowest BCUT2D eigenvalue weighted by Gasteiger charge is -2.08. The maximum atomic E-state index is 11.4. The summed E-state index contributed by atoms with van der Waals surface area (Å²) < 4.78 is 4.59. The molecule has 0 N–H and O–H groups in total. The van der Waals surface area contributed by atoms with Crippen LogP contribution in [0, 0.1) is 0 Å². The molecule has 0 bridgehead atoms. The monoisotopic (exact) mass is 315 g/mol. The van der Waals surface area contributed by atoms with Gasteiger partial charge in [-0.25, -0.2) is 4.79 Å². The number of esters is 1. The van der Waals surface area contributed by atoms with Gasteiger partial charge in [0.25, 0.3) is 0 Å². The Labute approximate surface area is 125 Å². The Morgan fingerprint density at radius 1 is 1.21 bits per heavy atom. The molecule has 0 radical (unpaired) electrons. The normalized spacial score (nSPS) is 10.3. The van der Waals surface area contributed by atoms with Crippen LogP contribution in [0.4, 0.5) is 0 Å². The molecule has 0 spiro atoms. The largest absolute Gasteiger partial charge is 0.465 e. The highest BCUT2D eigenvalue weighted by atomic mass is 35.5. The highest BCUT2D eigenvalue weighted by molar-refractivity contribution is 6.44. The van der Waals surface area contributed by atoms with E-state index in [0.29, 0.717) is 26.3 Å². The number of rotatable bonds is 2. The molecule has 2 rings (SSSR count). The summed E-state index contributed by atoms with van der Waals surface area (Å²) in [7, 11) is 1.29. The van der Waals surface area contributed by atoms with Crippen LogP contribution in [0.3, 0.4) is 0 Å². The maximum Gasteiger partial charge on any atom is 0.339 e. The first-order valence-electron chi connectivity index (χ1n) is 5.23. The van der Waals surface area contributed by atoms with E-state index < -0.39 is 5.97 Å². The maximum absolute atomic E-state index is 11.4. The van der Waals surface area contributed by atoms with Crippen molar-refractivity contribution >= 4 is 40.8 Å². The number of methoxy groups -OCH3 is 1. The summed E-state index contributed by atoms with van der Waals surface area (Å²) in [6.45, 7) is 0. The van der Waals surface area contributed by atoms with Crippen LogP contribution in [0.2, 0.25) is 15.1 Å². The van der Waals surface area contributed by atoms with Crippen molar-refractivity contribution in [1.82, 2.24) is 4.98 Å². The van der Waals surface area contributed by atoms with Gasteiger partial charge < -0.3 is 4.74 Å². The number of aromatic nitrogens is 1. The van der Waals surface area contributed by atoms with Gasteiger partial charge in [-0.1, -0.05) is 46.9 Å². The Morgan fingerprint density at radius 2 is 1.95 bits per heavy atom. The van der Waals surface area contributed by atoms with E-state index in [9.17, 15) is 4.79 Å². The lowest BCUT2D eigenvalue weighted by atomic mass is 10.1. The van der Waals surface area contributed by atoms with Crippen molar-refractivity contribution in [3.05, 3.63) is 51.1 Å². The fraction of sp³-hybridized carbons (Fsp3) is 0.0769. The first-order chi connectivity index (χ1) is 9.04. The molecule has 3 nitrogen and oxygen atoms in total. The molecule has 0 saturated carbocycles. The van der Waals surface area contributed by atoms with Crippen molar-refractivity contribution in [3.8, 4) is 11.3 Å². The summed E-state index contributed by atoms with van der Waals surface area (Å²) in [4.78, 5) is 15.5. The van der Waals surface area contributed by atoms with Crippen LogP contribution < -0.4 is 0 Å². The van der Waals surface area contributed by atoms with Gasteiger partial charge in [0.05, 0.1) is 33.4 Å². The first kappa shape index (κ1) is 14.1. The van der Waals surface area contributed by atoms with E-state index in [-0.39, 0.29) is 5.56 Å². The standard InChI is InChI=1S/C13H8Cl3NO2/c1-19-13(18)7-5-10(15)12(17-6-7)8-3-2-4-9(14)11(8)16/h2-6H,1H3. The molecule has 0 fully saturated rings. The molecule has 0 unspecified atom stereocenters. The minimum atomic E-state index is -0.502. The number of hydrogen-bond acceptors (Lipinski definition) is 3. The van der Waals surface area contributed by atoms with Gasteiger partial charge in [-0.2, -0.15) is 0 Å². The molecule has 19 heavy (non-hydrogen) atoms. The molecule has 1 aromatic carbocycles. The van der Waals surface area contributed by atoms with Crippen molar-refractivity contribution in [2.24, 2.45) is 0 Å². The average molecular weight is 317 g/mol. The second-order valence-electron chi connectivity index (χ2n) is 3.65. The molecule has 0 aliphatic carbocycles. The summed E-state index contributed by atoms with van der Waals surface area (Å²) in [5.41, 5.74) is 1.34. The van der Waals surface area contributed by atoms with Crippen LogP contribution >= 0.6 is 34.8 Å². The van der Waals surface area contributed by atoms with Crippen LogP contribution in [0.1, 0.15) is 10.4 Å². The zero-order valence-corrected chi connectivity index (χ0v) is 12.1. The Bertz CT molecular complexity index is 644. The van der Waals surface area contributed by atoms with E-state index >= 15 is 0 Å². The summed E-state index contributed by atoms with van der Waals surface area (Å²) in [6, 6.07) is 6.65. The average Bonchev–Trinajstić information content (AvgIpc) is 2.41. The second-order valence-corrected chi connectivity index (χ2v) is 4.84. The number of halogens is 3. The number of nitrogens with zero attached hydrogens (tertiary/aromatic N) is 1. The Morgan fingerprint density at radius 3 is 2.58 bits per heavy atom. The molecule has 2 aromatic rings.